The summed E-state index contributed by atoms with van der Waals surface area (Å²) in [5, 5.41) is 8.85. The lowest BCUT2D eigenvalue weighted by Crippen LogP contribution is -2.14. The lowest BCUT2D eigenvalue weighted by Gasteiger charge is -1.97. The van der Waals surface area contributed by atoms with Gasteiger partial charge in [-0.15, -0.1) is 0 Å². The molecule has 2 nitrogen and oxygen atoms in total. The molecule has 0 aliphatic heterocycles. The number of carbonyl (C=O) groups excluding carboxylic acids is 1. The highest BCUT2D eigenvalue weighted by Gasteiger charge is 2.20. The van der Waals surface area contributed by atoms with Crippen LogP contribution in [0.15, 0.2) is 11.6 Å². The highest BCUT2D eigenvalue weighted by molar-refractivity contribution is 5.89. The largest absolute Gasteiger partial charge is 0.381 e. The van der Waals surface area contributed by atoms with Crippen LogP contribution >= 0.6 is 0 Å². The SMILES string of the molecule is CC1=CCC(=O)C1O. The maximum atomic E-state index is 10.5. The van der Waals surface area contributed by atoms with E-state index >= 15 is 0 Å². The van der Waals surface area contributed by atoms with Crippen LogP contribution in [-0.4, -0.2) is 17.0 Å². The van der Waals surface area contributed by atoms with E-state index in [1.165, 1.54) is 0 Å². The zero-order valence-corrected chi connectivity index (χ0v) is 4.72. The van der Waals surface area contributed by atoms with Crippen LogP contribution in [0.1, 0.15) is 13.3 Å². The summed E-state index contributed by atoms with van der Waals surface area (Å²) in [4.78, 5) is 10.5. The Labute approximate surface area is 47.8 Å². The van der Waals surface area contributed by atoms with Gasteiger partial charge < -0.3 is 5.11 Å². The number of carbonyl (C=O) groups is 1. The molecule has 1 atom stereocenters. The number of hydrogen-bond acceptors (Lipinski definition) is 2. The molecule has 0 saturated heterocycles. The van der Waals surface area contributed by atoms with Gasteiger partial charge in [0.05, 0.1) is 0 Å². The van der Waals surface area contributed by atoms with Gasteiger partial charge in [-0.05, 0) is 12.5 Å². The smallest absolute Gasteiger partial charge is 0.169 e. The van der Waals surface area contributed by atoms with E-state index in [2.05, 4.69) is 0 Å². The van der Waals surface area contributed by atoms with Gasteiger partial charge in [-0.1, -0.05) is 6.08 Å². The van der Waals surface area contributed by atoms with Crippen LogP contribution in [0.5, 0.6) is 0 Å². The summed E-state index contributed by atoms with van der Waals surface area (Å²) in [6.07, 6.45) is 1.37. The van der Waals surface area contributed by atoms with Gasteiger partial charge in [-0.25, -0.2) is 0 Å². The van der Waals surface area contributed by atoms with Gasteiger partial charge in [0.15, 0.2) is 5.78 Å². The third-order valence-corrected chi connectivity index (χ3v) is 1.36. The molecule has 0 aromatic heterocycles. The summed E-state index contributed by atoms with van der Waals surface area (Å²) < 4.78 is 0. The van der Waals surface area contributed by atoms with Crippen LogP contribution in [0.25, 0.3) is 0 Å². The summed E-state index contributed by atoms with van der Waals surface area (Å²) in [5.41, 5.74) is 0.787. The maximum absolute atomic E-state index is 10.5. The van der Waals surface area contributed by atoms with Crippen molar-refractivity contribution in [1.82, 2.24) is 0 Å². The third kappa shape index (κ3) is 0.670. The van der Waals surface area contributed by atoms with E-state index in [4.69, 9.17) is 5.11 Å². The molecule has 1 N–H and O–H groups in total. The Hall–Kier alpha value is -0.630. The lowest BCUT2D eigenvalue weighted by molar-refractivity contribution is -0.123. The van der Waals surface area contributed by atoms with Crippen LogP contribution in [0, 0.1) is 0 Å². The van der Waals surface area contributed by atoms with E-state index in [1.54, 1.807) is 13.0 Å². The first-order chi connectivity index (χ1) is 3.72. The number of ketones is 1. The van der Waals surface area contributed by atoms with Crippen molar-refractivity contribution < 1.29 is 9.90 Å². The molecule has 1 aliphatic carbocycles. The number of rotatable bonds is 0. The van der Waals surface area contributed by atoms with Crippen molar-refractivity contribution >= 4 is 5.78 Å². The molecule has 1 unspecified atom stereocenters. The summed E-state index contributed by atoms with van der Waals surface area (Å²) in [7, 11) is 0. The quantitative estimate of drug-likeness (QED) is 0.456. The molecular formula is C6H8O2. The normalized spacial score (nSPS) is 28.5. The molecule has 44 valence electrons. The number of Topliss-reactive ketones (excluding diaryl/α,β-unsaturated/α-hetero) is 1. The molecule has 0 amide bonds. The van der Waals surface area contributed by atoms with Gasteiger partial charge in [0.25, 0.3) is 0 Å². The molecule has 8 heavy (non-hydrogen) atoms. The minimum Gasteiger partial charge on any atom is -0.381 e. The average Bonchev–Trinajstić information content (AvgIpc) is 1.98. The second kappa shape index (κ2) is 1.71. The van der Waals surface area contributed by atoms with Crippen molar-refractivity contribution in [3.8, 4) is 0 Å². The topological polar surface area (TPSA) is 37.3 Å². The van der Waals surface area contributed by atoms with Crippen LogP contribution in [0.3, 0.4) is 0 Å². The second-order valence-corrected chi connectivity index (χ2v) is 2.02. The third-order valence-electron chi connectivity index (χ3n) is 1.36. The number of hydrogen-bond donors (Lipinski definition) is 1. The van der Waals surface area contributed by atoms with E-state index in [0.29, 0.717) is 6.42 Å². The minimum atomic E-state index is -0.796. The molecule has 0 fully saturated rings. The van der Waals surface area contributed by atoms with E-state index in [9.17, 15) is 4.79 Å². The van der Waals surface area contributed by atoms with Crippen LogP contribution < -0.4 is 0 Å². The standard InChI is InChI=1S/C6H8O2/c1-4-2-3-5(7)6(4)8/h2,6,8H,3H2,1H3. The zero-order chi connectivity index (χ0) is 6.15. The molecule has 0 heterocycles. The van der Waals surface area contributed by atoms with Crippen LogP contribution in [-0.2, 0) is 4.79 Å². The highest BCUT2D eigenvalue weighted by atomic mass is 16.3. The molecule has 0 aromatic carbocycles. The van der Waals surface area contributed by atoms with Crippen LogP contribution in [0.2, 0.25) is 0 Å². The minimum absolute atomic E-state index is 0.0810. The van der Waals surface area contributed by atoms with E-state index < -0.39 is 6.10 Å². The van der Waals surface area contributed by atoms with Gasteiger partial charge in [-0.2, -0.15) is 0 Å². The van der Waals surface area contributed by atoms with Gasteiger partial charge in [0.1, 0.15) is 6.10 Å². The average molecular weight is 112 g/mol. The van der Waals surface area contributed by atoms with Crippen molar-refractivity contribution in [2.24, 2.45) is 0 Å². The first kappa shape index (κ1) is 5.51. The Bertz CT molecular complexity index is 147. The predicted molar refractivity (Wildman–Crippen MR) is 29.4 cm³/mol. The fourth-order valence-electron chi connectivity index (χ4n) is 0.739. The second-order valence-electron chi connectivity index (χ2n) is 2.02. The molecule has 1 aliphatic rings. The Balaban J connectivity index is 2.72. The van der Waals surface area contributed by atoms with Crippen molar-refractivity contribution in [3.05, 3.63) is 11.6 Å². The van der Waals surface area contributed by atoms with Crippen LogP contribution in [0.4, 0.5) is 0 Å². The molecular weight excluding hydrogens is 104 g/mol. The Morgan fingerprint density at radius 2 is 2.50 bits per heavy atom. The van der Waals surface area contributed by atoms with E-state index in [0.717, 1.165) is 5.57 Å². The fraction of sp³-hybridized carbons (Fsp3) is 0.500. The van der Waals surface area contributed by atoms with Gasteiger partial charge >= 0.3 is 0 Å². The Kier molecular flexibility index (Phi) is 1.18. The number of aliphatic hydroxyl groups is 1. The number of allylic oxidation sites excluding steroid dienone is 1. The Morgan fingerprint density at radius 3 is 2.62 bits per heavy atom. The lowest BCUT2D eigenvalue weighted by atomic mass is 10.2. The van der Waals surface area contributed by atoms with Crippen molar-refractivity contribution in [2.45, 2.75) is 19.4 Å². The maximum Gasteiger partial charge on any atom is 0.169 e. The molecule has 1 rings (SSSR count). The zero-order valence-electron chi connectivity index (χ0n) is 4.72. The summed E-state index contributed by atoms with van der Waals surface area (Å²) >= 11 is 0. The molecule has 0 aromatic rings. The number of aliphatic hydroxyl groups excluding tert-OH is 1. The molecule has 2 heteroatoms. The molecule has 0 bridgehead atoms. The Morgan fingerprint density at radius 1 is 1.88 bits per heavy atom. The van der Waals surface area contributed by atoms with Gasteiger partial charge in [0, 0.05) is 6.42 Å². The van der Waals surface area contributed by atoms with E-state index in [1.807, 2.05) is 0 Å². The van der Waals surface area contributed by atoms with Crippen molar-refractivity contribution in [1.29, 1.82) is 0 Å². The molecule has 0 radical (unpaired) electrons. The van der Waals surface area contributed by atoms with Gasteiger partial charge in [-0.3, -0.25) is 4.79 Å². The molecule has 0 saturated carbocycles. The molecule has 0 spiro atoms. The highest BCUT2D eigenvalue weighted by Crippen LogP contribution is 2.13. The van der Waals surface area contributed by atoms with Crippen molar-refractivity contribution in [2.75, 3.05) is 0 Å². The first-order valence-electron chi connectivity index (χ1n) is 2.59. The first-order valence-corrected chi connectivity index (χ1v) is 2.59. The monoisotopic (exact) mass is 112 g/mol. The summed E-state index contributed by atoms with van der Waals surface area (Å²) in [6, 6.07) is 0. The van der Waals surface area contributed by atoms with Crippen molar-refractivity contribution in [3.63, 3.8) is 0 Å². The predicted octanol–water partition coefficient (Wildman–Crippen LogP) is 0.266. The summed E-state index contributed by atoms with van der Waals surface area (Å²) in [5.74, 6) is -0.0810. The van der Waals surface area contributed by atoms with E-state index in [-0.39, 0.29) is 5.78 Å². The summed E-state index contributed by atoms with van der Waals surface area (Å²) in [6.45, 7) is 1.76. The van der Waals surface area contributed by atoms with Gasteiger partial charge in [0.2, 0.25) is 0 Å². The fourth-order valence-corrected chi connectivity index (χ4v) is 0.739.